The van der Waals surface area contributed by atoms with E-state index in [0.717, 1.165) is 18.5 Å². The lowest BCUT2D eigenvalue weighted by atomic mass is 10.2. The van der Waals surface area contributed by atoms with Crippen molar-refractivity contribution in [2.45, 2.75) is 39.5 Å². The Morgan fingerprint density at radius 2 is 1.07 bits per heavy atom. The van der Waals surface area contributed by atoms with Gasteiger partial charge in [-0.1, -0.05) is 26.0 Å². The summed E-state index contributed by atoms with van der Waals surface area (Å²) in [7, 11) is 0. The second kappa shape index (κ2) is 11.5. The van der Waals surface area contributed by atoms with Crippen LogP contribution in [0.2, 0.25) is 0 Å². The molecule has 0 saturated heterocycles. The van der Waals surface area contributed by atoms with Gasteiger partial charge in [0.2, 0.25) is 17.7 Å². The van der Waals surface area contributed by atoms with E-state index >= 15 is 0 Å². The molecule has 0 bridgehead atoms. The molecule has 0 spiro atoms. The van der Waals surface area contributed by atoms with Crippen molar-refractivity contribution < 1.29 is 14.4 Å². The van der Waals surface area contributed by atoms with Gasteiger partial charge in [-0.15, -0.1) is 0 Å². The van der Waals surface area contributed by atoms with Crippen molar-refractivity contribution in [3.05, 3.63) is 48.5 Å². The van der Waals surface area contributed by atoms with Crippen molar-refractivity contribution in [1.29, 1.82) is 0 Å². The van der Waals surface area contributed by atoms with Gasteiger partial charge in [-0.3, -0.25) is 14.4 Å². The molecule has 0 saturated carbocycles. The van der Waals surface area contributed by atoms with Crippen LogP contribution in [0.25, 0.3) is 0 Å². The zero-order valence-electron chi connectivity index (χ0n) is 16.9. The van der Waals surface area contributed by atoms with Crippen LogP contribution in [0.4, 0.5) is 22.7 Å². The lowest BCUT2D eigenvalue weighted by molar-refractivity contribution is -0.117. The Bertz CT molecular complexity index is 851. The Labute approximate surface area is 171 Å². The molecule has 0 aliphatic heterocycles. The van der Waals surface area contributed by atoms with Crippen LogP contribution in [-0.2, 0) is 14.4 Å². The fraction of sp³-hybridized carbons (Fsp3) is 0.318. The van der Waals surface area contributed by atoms with Crippen LogP contribution >= 0.6 is 0 Å². The molecule has 2 aromatic rings. The van der Waals surface area contributed by atoms with Crippen molar-refractivity contribution >= 4 is 40.5 Å². The second-order valence-electron chi connectivity index (χ2n) is 6.66. The van der Waals surface area contributed by atoms with E-state index in [-0.39, 0.29) is 24.3 Å². The lowest BCUT2D eigenvalue weighted by Gasteiger charge is -2.11. The summed E-state index contributed by atoms with van der Waals surface area (Å²) in [5, 5.41) is 11.5. The predicted molar refractivity (Wildman–Crippen MR) is 117 cm³/mol. The fourth-order valence-corrected chi connectivity index (χ4v) is 2.67. The van der Waals surface area contributed by atoms with Gasteiger partial charge in [-0.25, -0.2) is 0 Å². The van der Waals surface area contributed by atoms with Crippen LogP contribution in [0.15, 0.2) is 48.5 Å². The molecule has 4 N–H and O–H groups in total. The van der Waals surface area contributed by atoms with Crippen LogP contribution < -0.4 is 21.3 Å². The average Bonchev–Trinajstić information content (AvgIpc) is 2.67. The van der Waals surface area contributed by atoms with Gasteiger partial charge in [-0.05, 0) is 49.2 Å². The quantitative estimate of drug-likeness (QED) is 0.483. The number of benzene rings is 2. The number of hydrogen-bond donors (Lipinski definition) is 4. The molecule has 0 fully saturated rings. The Kier molecular flexibility index (Phi) is 8.69. The second-order valence-corrected chi connectivity index (χ2v) is 6.66. The first-order valence-electron chi connectivity index (χ1n) is 9.83. The minimum atomic E-state index is -0.220. The predicted octanol–water partition coefficient (Wildman–Crippen LogP) is 4.21. The molecule has 0 aliphatic rings. The van der Waals surface area contributed by atoms with E-state index < -0.39 is 0 Å². The molecule has 29 heavy (non-hydrogen) atoms. The maximum atomic E-state index is 12.2. The number of hydrogen-bond acceptors (Lipinski definition) is 4. The van der Waals surface area contributed by atoms with Gasteiger partial charge < -0.3 is 21.3 Å². The molecule has 154 valence electrons. The summed E-state index contributed by atoms with van der Waals surface area (Å²) in [6.45, 7) is 3.96. The average molecular weight is 396 g/mol. The highest BCUT2D eigenvalue weighted by Gasteiger charge is 2.06. The van der Waals surface area contributed by atoms with E-state index in [1.54, 1.807) is 36.4 Å². The molecule has 2 aromatic carbocycles. The topological polar surface area (TPSA) is 99.3 Å². The highest BCUT2D eigenvalue weighted by atomic mass is 16.2. The molecule has 7 nitrogen and oxygen atoms in total. The van der Waals surface area contributed by atoms with Crippen LogP contribution in [0.5, 0.6) is 0 Å². The first kappa shape index (κ1) is 21.9. The molecule has 0 heterocycles. The number of carbonyl (C=O) groups excluding carboxylic acids is 3. The third kappa shape index (κ3) is 8.04. The summed E-state index contributed by atoms with van der Waals surface area (Å²) in [6.07, 6.45) is 2.49. The van der Waals surface area contributed by atoms with E-state index in [1.165, 1.54) is 0 Å². The first-order chi connectivity index (χ1) is 14.0. The maximum Gasteiger partial charge on any atom is 0.243 e. The molecule has 0 radical (unpaired) electrons. The fourth-order valence-electron chi connectivity index (χ4n) is 2.67. The minimum Gasteiger partial charge on any atom is -0.376 e. The molecule has 7 heteroatoms. The van der Waals surface area contributed by atoms with Crippen LogP contribution in [-0.4, -0.2) is 24.3 Å². The third-order valence-corrected chi connectivity index (χ3v) is 3.98. The van der Waals surface area contributed by atoms with E-state index in [0.29, 0.717) is 29.9 Å². The number of carbonyl (C=O) groups is 3. The normalized spacial score (nSPS) is 10.1. The standard InChI is InChI=1S/C22H28N4O3/c1-3-7-20(27)24-17-10-5-9-16(13-17)23-15-22(29)26-19-12-6-11-18(14-19)25-21(28)8-4-2/h5-6,9-14,23H,3-4,7-8,15H2,1-2H3,(H,24,27)(H,25,28)(H,26,29). The summed E-state index contributed by atoms with van der Waals surface area (Å²) in [5.41, 5.74) is 2.66. The van der Waals surface area contributed by atoms with Crippen LogP contribution in [0.1, 0.15) is 39.5 Å². The van der Waals surface area contributed by atoms with Gasteiger partial charge in [0, 0.05) is 35.6 Å². The maximum absolute atomic E-state index is 12.2. The number of anilines is 4. The van der Waals surface area contributed by atoms with Gasteiger partial charge in [0.1, 0.15) is 0 Å². The Hall–Kier alpha value is -3.35. The van der Waals surface area contributed by atoms with Crippen LogP contribution in [0.3, 0.4) is 0 Å². The first-order valence-corrected chi connectivity index (χ1v) is 9.83. The van der Waals surface area contributed by atoms with Gasteiger partial charge in [0.05, 0.1) is 6.54 Å². The van der Waals surface area contributed by atoms with Crippen molar-refractivity contribution in [1.82, 2.24) is 0 Å². The summed E-state index contributed by atoms with van der Waals surface area (Å²) >= 11 is 0. The summed E-state index contributed by atoms with van der Waals surface area (Å²) in [6, 6.07) is 14.2. The highest BCUT2D eigenvalue weighted by Crippen LogP contribution is 2.17. The van der Waals surface area contributed by atoms with Crippen LogP contribution in [0, 0.1) is 0 Å². The molecule has 0 unspecified atom stereocenters. The molecule has 0 atom stereocenters. The SMILES string of the molecule is CCCC(=O)Nc1cccc(NCC(=O)Nc2cccc(NC(=O)CCC)c2)c1. The number of nitrogens with one attached hydrogen (secondary N) is 4. The van der Waals surface area contributed by atoms with Gasteiger partial charge in [0.25, 0.3) is 0 Å². The van der Waals surface area contributed by atoms with E-state index in [1.807, 2.05) is 26.0 Å². The van der Waals surface area contributed by atoms with Crippen molar-refractivity contribution in [3.8, 4) is 0 Å². The van der Waals surface area contributed by atoms with Crippen molar-refractivity contribution in [2.24, 2.45) is 0 Å². The molecule has 3 amide bonds. The summed E-state index contributed by atoms with van der Waals surface area (Å²) < 4.78 is 0. The van der Waals surface area contributed by atoms with Gasteiger partial charge >= 0.3 is 0 Å². The smallest absolute Gasteiger partial charge is 0.243 e. The molecule has 2 rings (SSSR count). The van der Waals surface area contributed by atoms with Gasteiger partial charge in [-0.2, -0.15) is 0 Å². The monoisotopic (exact) mass is 396 g/mol. The largest absolute Gasteiger partial charge is 0.376 e. The lowest BCUT2D eigenvalue weighted by Crippen LogP contribution is -2.22. The van der Waals surface area contributed by atoms with E-state index in [2.05, 4.69) is 21.3 Å². The Balaban J connectivity index is 1.87. The zero-order chi connectivity index (χ0) is 21.1. The summed E-state index contributed by atoms with van der Waals surface area (Å²) in [5.74, 6) is -0.306. The number of amides is 3. The Morgan fingerprint density at radius 3 is 1.55 bits per heavy atom. The minimum absolute atomic E-state index is 0.0340. The third-order valence-electron chi connectivity index (χ3n) is 3.98. The van der Waals surface area contributed by atoms with E-state index in [4.69, 9.17) is 0 Å². The summed E-state index contributed by atoms with van der Waals surface area (Å²) in [4.78, 5) is 35.6. The van der Waals surface area contributed by atoms with E-state index in [9.17, 15) is 14.4 Å². The van der Waals surface area contributed by atoms with Gasteiger partial charge in [0.15, 0.2) is 0 Å². The molecule has 0 aliphatic carbocycles. The van der Waals surface area contributed by atoms with Crippen molar-refractivity contribution in [2.75, 3.05) is 27.8 Å². The Morgan fingerprint density at radius 1 is 0.655 bits per heavy atom. The van der Waals surface area contributed by atoms with Crippen molar-refractivity contribution in [3.63, 3.8) is 0 Å². The molecular formula is C22H28N4O3. The zero-order valence-corrected chi connectivity index (χ0v) is 16.9. The number of rotatable bonds is 10. The molecular weight excluding hydrogens is 368 g/mol. The highest BCUT2D eigenvalue weighted by molar-refractivity contribution is 5.96. The molecule has 0 aromatic heterocycles.